The highest BCUT2D eigenvalue weighted by atomic mass is 35.5. The molecule has 2 N–H and O–H groups in total. The fourth-order valence-corrected chi connectivity index (χ4v) is 4.22. The van der Waals surface area contributed by atoms with Crippen molar-refractivity contribution >= 4 is 28.5 Å². The first-order valence-electron chi connectivity index (χ1n) is 9.38. The summed E-state index contributed by atoms with van der Waals surface area (Å²) in [5, 5.41) is 5.37. The second kappa shape index (κ2) is 7.02. The van der Waals surface area contributed by atoms with E-state index >= 15 is 0 Å². The molecule has 1 aliphatic heterocycles. The highest BCUT2D eigenvalue weighted by molar-refractivity contribution is 6.31. The number of hydrogen-bond donors (Lipinski definition) is 2. The quantitative estimate of drug-likeness (QED) is 0.639. The molecular formula is C22H23ClN2O2. The largest absolute Gasteiger partial charge is 0.465 e. The molecule has 27 heavy (non-hydrogen) atoms. The fourth-order valence-electron chi connectivity index (χ4n) is 4.05. The van der Waals surface area contributed by atoms with Crippen LogP contribution in [0.1, 0.15) is 43.1 Å². The molecular weight excluding hydrogens is 360 g/mol. The van der Waals surface area contributed by atoms with Crippen molar-refractivity contribution in [3.63, 3.8) is 0 Å². The summed E-state index contributed by atoms with van der Waals surface area (Å²) in [6.45, 7) is 4.24. The van der Waals surface area contributed by atoms with E-state index in [1.807, 2.05) is 50.2 Å². The van der Waals surface area contributed by atoms with Gasteiger partial charge in [-0.15, -0.1) is 0 Å². The van der Waals surface area contributed by atoms with E-state index < -0.39 is 5.54 Å². The van der Waals surface area contributed by atoms with Crippen LogP contribution in [0.5, 0.6) is 0 Å². The number of ether oxygens (including phenoxy) is 1. The molecule has 2 unspecified atom stereocenters. The molecule has 2 atom stereocenters. The van der Waals surface area contributed by atoms with E-state index in [-0.39, 0.29) is 12.0 Å². The highest BCUT2D eigenvalue weighted by Crippen LogP contribution is 2.40. The molecule has 0 fully saturated rings. The molecule has 2 heterocycles. The van der Waals surface area contributed by atoms with Crippen molar-refractivity contribution in [2.45, 2.75) is 38.3 Å². The molecule has 5 heteroatoms. The Morgan fingerprint density at radius 3 is 2.70 bits per heavy atom. The van der Waals surface area contributed by atoms with Gasteiger partial charge in [0.15, 0.2) is 0 Å². The summed E-state index contributed by atoms with van der Waals surface area (Å²) in [5.41, 5.74) is 3.60. The third-order valence-electron chi connectivity index (χ3n) is 5.49. The number of carbonyl (C=O) groups is 1. The van der Waals surface area contributed by atoms with Crippen LogP contribution in [-0.4, -0.2) is 23.1 Å². The van der Waals surface area contributed by atoms with Crippen molar-refractivity contribution in [3.8, 4) is 0 Å². The van der Waals surface area contributed by atoms with Gasteiger partial charge in [-0.2, -0.15) is 0 Å². The van der Waals surface area contributed by atoms with Gasteiger partial charge in [-0.25, -0.2) is 0 Å². The van der Waals surface area contributed by atoms with E-state index in [9.17, 15) is 4.79 Å². The number of fused-ring (bicyclic) bond motifs is 3. The summed E-state index contributed by atoms with van der Waals surface area (Å²) in [4.78, 5) is 16.5. The second-order valence-electron chi connectivity index (χ2n) is 7.03. The lowest BCUT2D eigenvalue weighted by Crippen LogP contribution is -2.58. The Morgan fingerprint density at radius 1 is 1.22 bits per heavy atom. The molecule has 0 saturated heterocycles. The van der Waals surface area contributed by atoms with Gasteiger partial charge >= 0.3 is 5.97 Å². The Labute approximate surface area is 163 Å². The van der Waals surface area contributed by atoms with Gasteiger partial charge in [0.1, 0.15) is 5.54 Å². The van der Waals surface area contributed by atoms with E-state index in [4.69, 9.17) is 16.3 Å². The number of benzene rings is 2. The number of aromatic nitrogens is 1. The van der Waals surface area contributed by atoms with Crippen LogP contribution in [0.25, 0.3) is 10.9 Å². The SMILES string of the molecule is CCOC(=O)C1(CC)Cc2c([nH]c3ccc(Cl)cc23)C(c2ccccc2)N1. The Balaban J connectivity index is 1.92. The Morgan fingerprint density at radius 2 is 2.00 bits per heavy atom. The van der Waals surface area contributed by atoms with Crippen LogP contribution >= 0.6 is 11.6 Å². The first kappa shape index (κ1) is 18.1. The van der Waals surface area contributed by atoms with Crippen molar-refractivity contribution in [2.75, 3.05) is 6.61 Å². The van der Waals surface area contributed by atoms with Gasteiger partial charge in [0.2, 0.25) is 0 Å². The zero-order chi connectivity index (χ0) is 19.0. The van der Waals surface area contributed by atoms with Crippen LogP contribution in [0.3, 0.4) is 0 Å². The molecule has 0 aliphatic carbocycles. The van der Waals surface area contributed by atoms with E-state index in [1.54, 1.807) is 0 Å². The van der Waals surface area contributed by atoms with Gasteiger partial charge in [0.25, 0.3) is 0 Å². The molecule has 1 aliphatic rings. The number of halogens is 1. The summed E-state index contributed by atoms with van der Waals surface area (Å²) in [6, 6.07) is 15.9. The summed E-state index contributed by atoms with van der Waals surface area (Å²) in [5.74, 6) is -0.199. The van der Waals surface area contributed by atoms with Crippen LogP contribution in [0, 0.1) is 0 Å². The van der Waals surface area contributed by atoms with Crippen molar-refractivity contribution in [1.29, 1.82) is 0 Å². The molecule has 4 rings (SSSR count). The maximum Gasteiger partial charge on any atom is 0.326 e. The number of hydrogen-bond acceptors (Lipinski definition) is 3. The van der Waals surface area contributed by atoms with Gasteiger partial charge in [-0.05, 0) is 42.7 Å². The highest BCUT2D eigenvalue weighted by Gasteiger charge is 2.46. The lowest BCUT2D eigenvalue weighted by atomic mass is 9.80. The summed E-state index contributed by atoms with van der Waals surface area (Å²) in [6.07, 6.45) is 1.21. The van der Waals surface area contributed by atoms with Crippen LogP contribution in [0.4, 0.5) is 0 Å². The number of esters is 1. The average Bonchev–Trinajstić information content (AvgIpc) is 3.05. The molecule has 2 aromatic carbocycles. The minimum atomic E-state index is -0.763. The standard InChI is InChI=1S/C22H23ClN2O2/c1-3-22(21(26)27-4-2)13-17-16-12-15(23)10-11-18(16)24-20(17)19(25-22)14-8-6-5-7-9-14/h5-12,19,24-25H,3-4,13H2,1-2H3. The topological polar surface area (TPSA) is 54.1 Å². The zero-order valence-corrected chi connectivity index (χ0v) is 16.3. The molecule has 140 valence electrons. The predicted molar refractivity (Wildman–Crippen MR) is 108 cm³/mol. The van der Waals surface area contributed by atoms with E-state index in [1.165, 1.54) is 0 Å². The number of rotatable bonds is 4. The smallest absolute Gasteiger partial charge is 0.326 e. The Kier molecular flexibility index (Phi) is 4.70. The molecule has 0 saturated carbocycles. The average molecular weight is 383 g/mol. The third kappa shape index (κ3) is 3.03. The van der Waals surface area contributed by atoms with Crippen LogP contribution in [-0.2, 0) is 16.0 Å². The molecule has 4 nitrogen and oxygen atoms in total. The van der Waals surface area contributed by atoms with E-state index in [0.29, 0.717) is 24.5 Å². The number of H-pyrrole nitrogens is 1. The summed E-state index contributed by atoms with van der Waals surface area (Å²) in [7, 11) is 0. The van der Waals surface area contributed by atoms with Crippen molar-refractivity contribution in [1.82, 2.24) is 10.3 Å². The van der Waals surface area contributed by atoms with Gasteiger partial charge in [0.05, 0.1) is 12.6 Å². The molecule has 0 bridgehead atoms. The second-order valence-corrected chi connectivity index (χ2v) is 7.46. The minimum Gasteiger partial charge on any atom is -0.465 e. The first-order chi connectivity index (χ1) is 13.1. The van der Waals surface area contributed by atoms with Crippen LogP contribution in [0.2, 0.25) is 5.02 Å². The predicted octanol–water partition coefficient (Wildman–Crippen LogP) is 4.77. The van der Waals surface area contributed by atoms with Crippen LogP contribution in [0.15, 0.2) is 48.5 Å². The van der Waals surface area contributed by atoms with E-state index in [0.717, 1.165) is 27.7 Å². The maximum atomic E-state index is 12.9. The summed E-state index contributed by atoms with van der Waals surface area (Å²) >= 11 is 6.27. The monoisotopic (exact) mass is 382 g/mol. The first-order valence-corrected chi connectivity index (χ1v) is 9.75. The van der Waals surface area contributed by atoms with Gasteiger partial charge in [0, 0.05) is 28.0 Å². The molecule has 0 amide bonds. The van der Waals surface area contributed by atoms with Gasteiger partial charge in [-0.3, -0.25) is 10.1 Å². The molecule has 0 radical (unpaired) electrons. The number of carbonyl (C=O) groups excluding carboxylic acids is 1. The fraction of sp³-hybridized carbons (Fsp3) is 0.318. The molecule has 0 spiro atoms. The molecule has 3 aromatic rings. The normalized spacial score (nSPS) is 21.8. The van der Waals surface area contributed by atoms with Gasteiger partial charge in [-0.1, -0.05) is 48.9 Å². The maximum absolute atomic E-state index is 12.9. The van der Waals surface area contributed by atoms with E-state index in [2.05, 4.69) is 22.4 Å². The van der Waals surface area contributed by atoms with Gasteiger partial charge < -0.3 is 9.72 Å². The van der Waals surface area contributed by atoms with Crippen LogP contribution < -0.4 is 5.32 Å². The minimum absolute atomic E-state index is 0.120. The number of aromatic amines is 1. The Bertz CT molecular complexity index is 983. The zero-order valence-electron chi connectivity index (χ0n) is 15.5. The van der Waals surface area contributed by atoms with Crippen molar-refractivity contribution < 1.29 is 9.53 Å². The third-order valence-corrected chi connectivity index (χ3v) is 5.73. The lowest BCUT2D eigenvalue weighted by molar-refractivity contribution is -0.152. The Hall–Kier alpha value is -2.30. The van der Waals surface area contributed by atoms with Crippen molar-refractivity contribution in [2.24, 2.45) is 0 Å². The number of nitrogens with one attached hydrogen (secondary N) is 2. The lowest BCUT2D eigenvalue weighted by Gasteiger charge is -2.40. The summed E-state index contributed by atoms with van der Waals surface area (Å²) < 4.78 is 5.45. The molecule has 1 aromatic heterocycles. The van der Waals surface area contributed by atoms with Crippen molar-refractivity contribution in [3.05, 3.63) is 70.4 Å².